The van der Waals surface area contributed by atoms with Crippen LogP contribution in [-0.4, -0.2) is 0 Å². The maximum atomic E-state index is 13.9. The SMILES string of the molecule is Cc1cc2c(oc3cc(F)ccc32)c(-c2c3ccc(CC4CCCC4)cc3cc[n+]2C)c1C. The Hall–Kier alpha value is -3.20. The first-order chi connectivity index (χ1) is 16.0. The van der Waals surface area contributed by atoms with Crippen molar-refractivity contribution < 1.29 is 13.4 Å². The summed E-state index contributed by atoms with van der Waals surface area (Å²) in [6, 6.07) is 16.2. The van der Waals surface area contributed by atoms with Gasteiger partial charge in [0.15, 0.2) is 6.20 Å². The van der Waals surface area contributed by atoms with Crippen molar-refractivity contribution in [2.75, 3.05) is 0 Å². The van der Waals surface area contributed by atoms with Gasteiger partial charge in [0.1, 0.15) is 24.0 Å². The van der Waals surface area contributed by atoms with Gasteiger partial charge in [0, 0.05) is 22.9 Å². The van der Waals surface area contributed by atoms with Crippen molar-refractivity contribution in [3.63, 3.8) is 0 Å². The molecular formula is C30H29FNO+. The Morgan fingerprint density at radius 3 is 2.55 bits per heavy atom. The Bertz CT molecular complexity index is 1540. The summed E-state index contributed by atoms with van der Waals surface area (Å²) in [4.78, 5) is 0. The zero-order valence-electron chi connectivity index (χ0n) is 19.5. The Balaban J connectivity index is 1.60. The van der Waals surface area contributed by atoms with Gasteiger partial charge in [0.2, 0.25) is 5.69 Å². The number of hydrogen-bond acceptors (Lipinski definition) is 1. The summed E-state index contributed by atoms with van der Waals surface area (Å²) in [6.07, 6.45) is 8.80. The first kappa shape index (κ1) is 20.4. The predicted molar refractivity (Wildman–Crippen MR) is 133 cm³/mol. The lowest BCUT2D eigenvalue weighted by molar-refractivity contribution is -0.659. The fourth-order valence-corrected chi connectivity index (χ4v) is 5.80. The van der Waals surface area contributed by atoms with Crippen LogP contribution in [0.3, 0.4) is 0 Å². The molecule has 0 saturated heterocycles. The third-order valence-corrected chi connectivity index (χ3v) is 7.68. The zero-order chi connectivity index (χ0) is 22.7. The summed E-state index contributed by atoms with van der Waals surface area (Å²) < 4.78 is 22.4. The van der Waals surface area contributed by atoms with E-state index in [4.69, 9.17) is 4.42 Å². The molecule has 1 aliphatic carbocycles. The second-order valence-electron chi connectivity index (χ2n) is 9.86. The van der Waals surface area contributed by atoms with Crippen LogP contribution in [0.25, 0.3) is 44.0 Å². The van der Waals surface area contributed by atoms with Gasteiger partial charge in [-0.05, 0) is 72.5 Å². The van der Waals surface area contributed by atoms with Gasteiger partial charge in [-0.25, -0.2) is 8.96 Å². The molecule has 0 spiro atoms. The largest absolute Gasteiger partial charge is 0.455 e. The van der Waals surface area contributed by atoms with Crippen molar-refractivity contribution in [2.24, 2.45) is 13.0 Å². The molecule has 3 aromatic carbocycles. The van der Waals surface area contributed by atoms with Crippen molar-refractivity contribution in [3.05, 3.63) is 77.2 Å². The zero-order valence-corrected chi connectivity index (χ0v) is 19.5. The number of furan rings is 1. The van der Waals surface area contributed by atoms with E-state index in [0.717, 1.165) is 33.5 Å². The highest BCUT2D eigenvalue weighted by atomic mass is 19.1. The highest BCUT2D eigenvalue weighted by molar-refractivity contribution is 6.12. The second kappa shape index (κ2) is 7.69. The van der Waals surface area contributed by atoms with E-state index in [0.29, 0.717) is 5.58 Å². The smallest absolute Gasteiger partial charge is 0.224 e. The molecule has 0 amide bonds. The van der Waals surface area contributed by atoms with E-state index in [2.05, 4.69) is 62.0 Å². The van der Waals surface area contributed by atoms with Crippen LogP contribution in [0.2, 0.25) is 0 Å². The number of hydrogen-bond donors (Lipinski definition) is 0. The number of aromatic nitrogens is 1. The fourth-order valence-electron chi connectivity index (χ4n) is 5.80. The number of nitrogens with zero attached hydrogens (tertiary/aromatic N) is 1. The van der Waals surface area contributed by atoms with Gasteiger partial charge in [-0.15, -0.1) is 0 Å². The number of aryl methyl sites for hydroxylation is 2. The molecular weight excluding hydrogens is 409 g/mol. The lowest BCUT2D eigenvalue weighted by Gasteiger charge is -2.13. The maximum absolute atomic E-state index is 13.9. The average molecular weight is 439 g/mol. The van der Waals surface area contributed by atoms with Crippen molar-refractivity contribution in [1.29, 1.82) is 0 Å². The Labute approximate surface area is 193 Å². The van der Waals surface area contributed by atoms with Crippen LogP contribution in [0, 0.1) is 25.6 Å². The third-order valence-electron chi connectivity index (χ3n) is 7.68. The molecule has 0 radical (unpaired) electrons. The molecule has 2 aromatic heterocycles. The van der Waals surface area contributed by atoms with Crippen LogP contribution in [0.15, 0.2) is 59.1 Å². The van der Waals surface area contributed by atoms with Crippen LogP contribution in [0.5, 0.6) is 0 Å². The molecule has 3 heteroatoms. The van der Waals surface area contributed by atoms with Crippen LogP contribution >= 0.6 is 0 Å². The molecule has 1 saturated carbocycles. The van der Waals surface area contributed by atoms with E-state index in [1.807, 2.05) is 6.07 Å². The van der Waals surface area contributed by atoms with Gasteiger partial charge in [-0.2, -0.15) is 0 Å². The van der Waals surface area contributed by atoms with E-state index < -0.39 is 0 Å². The number of rotatable bonds is 3. The molecule has 0 N–H and O–H groups in total. The Morgan fingerprint density at radius 1 is 0.939 bits per heavy atom. The van der Waals surface area contributed by atoms with Crippen LogP contribution < -0.4 is 4.57 Å². The summed E-state index contributed by atoms with van der Waals surface area (Å²) >= 11 is 0. The second-order valence-corrected chi connectivity index (χ2v) is 9.86. The Kier molecular flexibility index (Phi) is 4.76. The number of benzene rings is 3. The van der Waals surface area contributed by atoms with E-state index >= 15 is 0 Å². The standard InChI is InChI=1S/C30H29FNO/c1-18-14-26-25-11-9-23(31)17-27(25)33-30(26)28(19(18)2)29-24-10-8-21(15-20-6-4-5-7-20)16-22(24)12-13-32(29)3/h8-14,16-17,20H,4-7,15H2,1-3H3/q+1. The van der Waals surface area contributed by atoms with E-state index in [-0.39, 0.29) is 5.82 Å². The molecule has 0 bridgehead atoms. The lowest BCUT2D eigenvalue weighted by atomic mass is 9.92. The van der Waals surface area contributed by atoms with Crippen molar-refractivity contribution in [3.8, 4) is 11.3 Å². The maximum Gasteiger partial charge on any atom is 0.224 e. The monoisotopic (exact) mass is 438 g/mol. The third kappa shape index (κ3) is 3.33. The molecule has 0 unspecified atom stereocenters. The normalized spacial score (nSPS) is 14.8. The van der Waals surface area contributed by atoms with Crippen LogP contribution in [0.1, 0.15) is 42.4 Å². The van der Waals surface area contributed by atoms with Gasteiger partial charge in [-0.1, -0.05) is 37.8 Å². The first-order valence-corrected chi connectivity index (χ1v) is 12.0. The number of halogens is 1. The molecule has 1 fully saturated rings. The fraction of sp³-hybridized carbons (Fsp3) is 0.300. The first-order valence-electron chi connectivity index (χ1n) is 12.0. The molecule has 2 nitrogen and oxygen atoms in total. The highest BCUT2D eigenvalue weighted by Crippen LogP contribution is 2.40. The van der Waals surface area contributed by atoms with Gasteiger partial charge < -0.3 is 4.42 Å². The van der Waals surface area contributed by atoms with Crippen molar-refractivity contribution in [1.82, 2.24) is 0 Å². The molecule has 1 aliphatic rings. The summed E-state index contributed by atoms with van der Waals surface area (Å²) in [5.74, 6) is 0.554. The quantitative estimate of drug-likeness (QED) is 0.264. The summed E-state index contributed by atoms with van der Waals surface area (Å²) in [5.41, 5.74) is 7.50. The average Bonchev–Trinajstić information content (AvgIpc) is 3.43. The van der Waals surface area contributed by atoms with Gasteiger partial charge in [0.25, 0.3) is 0 Å². The van der Waals surface area contributed by atoms with Crippen LogP contribution in [-0.2, 0) is 13.5 Å². The predicted octanol–water partition coefficient (Wildman–Crippen LogP) is 7.72. The molecule has 166 valence electrons. The molecule has 2 heterocycles. The highest BCUT2D eigenvalue weighted by Gasteiger charge is 2.25. The van der Waals surface area contributed by atoms with Crippen molar-refractivity contribution in [2.45, 2.75) is 46.0 Å². The Morgan fingerprint density at radius 2 is 1.73 bits per heavy atom. The van der Waals surface area contributed by atoms with E-state index in [1.54, 1.807) is 0 Å². The minimum absolute atomic E-state index is 0.276. The van der Waals surface area contributed by atoms with Crippen molar-refractivity contribution >= 4 is 32.7 Å². The number of fused-ring (bicyclic) bond motifs is 4. The van der Waals surface area contributed by atoms with Gasteiger partial charge in [-0.3, -0.25) is 0 Å². The molecule has 0 atom stereocenters. The van der Waals surface area contributed by atoms with Gasteiger partial charge >= 0.3 is 0 Å². The van der Waals surface area contributed by atoms with Crippen LogP contribution in [0.4, 0.5) is 4.39 Å². The summed E-state index contributed by atoms with van der Waals surface area (Å²) in [5, 5.41) is 4.47. The molecule has 33 heavy (non-hydrogen) atoms. The minimum atomic E-state index is -0.276. The lowest BCUT2D eigenvalue weighted by Crippen LogP contribution is -2.31. The molecule has 6 rings (SSSR count). The van der Waals surface area contributed by atoms with E-state index in [9.17, 15) is 4.39 Å². The molecule has 5 aromatic rings. The van der Waals surface area contributed by atoms with Gasteiger partial charge in [0.05, 0.1) is 10.9 Å². The van der Waals surface area contributed by atoms with E-state index in [1.165, 1.54) is 71.7 Å². The minimum Gasteiger partial charge on any atom is -0.455 e. The summed E-state index contributed by atoms with van der Waals surface area (Å²) in [6.45, 7) is 4.30. The molecule has 0 aliphatic heterocycles. The summed E-state index contributed by atoms with van der Waals surface area (Å²) in [7, 11) is 2.09. The topological polar surface area (TPSA) is 17.0 Å². The number of pyridine rings is 1.